The van der Waals surface area contributed by atoms with Crippen molar-refractivity contribution in [3.05, 3.63) is 86.8 Å². The Balaban J connectivity index is 1.99. The lowest BCUT2D eigenvalue weighted by Gasteiger charge is -2.12. The van der Waals surface area contributed by atoms with E-state index in [0.29, 0.717) is 10.6 Å². The second-order valence-electron chi connectivity index (χ2n) is 5.97. The Kier molecular flexibility index (Phi) is 6.40. The fourth-order valence-electron chi connectivity index (χ4n) is 2.51. The van der Waals surface area contributed by atoms with Crippen molar-refractivity contribution in [1.82, 2.24) is 4.90 Å². The minimum atomic E-state index is -4.09. The summed E-state index contributed by atoms with van der Waals surface area (Å²) in [5, 5.41) is 11.3. The van der Waals surface area contributed by atoms with Gasteiger partial charge in [0.15, 0.2) is 5.17 Å². The summed E-state index contributed by atoms with van der Waals surface area (Å²) >= 11 is 6.66. The maximum atomic E-state index is 12.8. The molecule has 0 aromatic heterocycles. The number of hydrogen-bond donors (Lipinski definition) is 0. The van der Waals surface area contributed by atoms with Crippen LogP contribution < -0.4 is 0 Å². The first kappa shape index (κ1) is 21.8. The fourth-order valence-corrected chi connectivity index (χ4v) is 4.82. The molecule has 0 N–H and O–H groups in total. The Bertz CT molecular complexity index is 1190. The zero-order valence-corrected chi connectivity index (χ0v) is 17.7. The van der Waals surface area contributed by atoms with Gasteiger partial charge < -0.3 is 0 Å². The molecule has 1 heterocycles. The first-order valence-electron chi connectivity index (χ1n) is 8.38. The average molecular weight is 464 g/mol. The Morgan fingerprint density at radius 2 is 1.93 bits per heavy atom. The summed E-state index contributed by atoms with van der Waals surface area (Å²) in [7, 11) is -4.09. The maximum Gasteiger partial charge on any atom is 0.284 e. The van der Waals surface area contributed by atoms with Crippen LogP contribution in [0.4, 0.5) is 5.69 Å². The average Bonchev–Trinajstić information content (AvgIpc) is 2.97. The van der Waals surface area contributed by atoms with E-state index in [9.17, 15) is 23.3 Å². The van der Waals surface area contributed by atoms with E-state index in [1.165, 1.54) is 59.5 Å². The van der Waals surface area contributed by atoms with Gasteiger partial charge in [0.05, 0.1) is 14.7 Å². The highest BCUT2D eigenvalue weighted by Gasteiger charge is 2.34. The molecule has 2 aromatic rings. The third kappa shape index (κ3) is 4.78. The second-order valence-corrected chi connectivity index (χ2v) is 9.02. The van der Waals surface area contributed by atoms with E-state index in [1.807, 2.05) is 0 Å². The minimum absolute atomic E-state index is 0.0356. The van der Waals surface area contributed by atoms with E-state index in [4.69, 9.17) is 11.6 Å². The number of amidine groups is 1. The van der Waals surface area contributed by atoms with Crippen LogP contribution in [0, 0.1) is 10.1 Å². The van der Waals surface area contributed by atoms with Gasteiger partial charge in [-0.2, -0.15) is 8.42 Å². The topological polar surface area (TPSA) is 110 Å². The number of halogens is 1. The van der Waals surface area contributed by atoms with E-state index in [1.54, 1.807) is 6.07 Å². The number of hydrogen-bond acceptors (Lipinski definition) is 6. The Morgan fingerprint density at radius 1 is 1.23 bits per heavy atom. The van der Waals surface area contributed by atoms with Crippen LogP contribution in [0.1, 0.15) is 5.56 Å². The number of amides is 1. The lowest BCUT2D eigenvalue weighted by molar-refractivity contribution is -0.384. The molecule has 0 radical (unpaired) electrons. The number of nitrogens with zero attached hydrogens (tertiary/aromatic N) is 3. The van der Waals surface area contributed by atoms with Crippen molar-refractivity contribution in [2.45, 2.75) is 4.90 Å². The first-order valence-corrected chi connectivity index (χ1v) is 11.0. The SMILES string of the molecule is C=CCN1C(=O)/C(=C/c2cccc([N+](=O)[O-])c2)S/C1=N/S(=O)(=O)c1ccc(Cl)cc1. The zero-order chi connectivity index (χ0) is 21.9. The molecule has 0 spiro atoms. The van der Waals surface area contributed by atoms with Crippen LogP contribution in [0.15, 0.2) is 75.4 Å². The van der Waals surface area contributed by atoms with Gasteiger partial charge in [-0.3, -0.25) is 19.8 Å². The monoisotopic (exact) mass is 463 g/mol. The van der Waals surface area contributed by atoms with Crippen LogP contribution in [-0.4, -0.2) is 35.9 Å². The summed E-state index contributed by atoms with van der Waals surface area (Å²) in [5.41, 5.74) is 0.308. The molecule has 1 amide bonds. The Hall–Kier alpha value is -2.95. The molecule has 0 bridgehead atoms. The molecular weight excluding hydrogens is 450 g/mol. The van der Waals surface area contributed by atoms with Gasteiger partial charge in [-0.1, -0.05) is 29.8 Å². The molecule has 154 valence electrons. The summed E-state index contributed by atoms with van der Waals surface area (Å²) in [6, 6.07) is 11.2. The van der Waals surface area contributed by atoms with Crippen LogP contribution in [0.5, 0.6) is 0 Å². The van der Waals surface area contributed by atoms with Gasteiger partial charge in [0, 0.05) is 23.7 Å². The molecule has 0 atom stereocenters. The molecular formula is C19H14ClN3O5S2. The van der Waals surface area contributed by atoms with Crippen molar-refractivity contribution in [1.29, 1.82) is 0 Å². The van der Waals surface area contributed by atoms with Gasteiger partial charge in [-0.25, -0.2) is 0 Å². The van der Waals surface area contributed by atoms with Crippen LogP contribution >= 0.6 is 23.4 Å². The summed E-state index contributed by atoms with van der Waals surface area (Å²) in [4.78, 5) is 24.5. The molecule has 1 aliphatic heterocycles. The van der Waals surface area contributed by atoms with Gasteiger partial charge in [-0.15, -0.1) is 11.0 Å². The van der Waals surface area contributed by atoms with Crippen molar-refractivity contribution in [2.75, 3.05) is 6.54 Å². The van der Waals surface area contributed by atoms with Gasteiger partial charge in [0.2, 0.25) is 0 Å². The van der Waals surface area contributed by atoms with Crippen molar-refractivity contribution in [3.8, 4) is 0 Å². The molecule has 0 saturated carbocycles. The predicted octanol–water partition coefficient (Wildman–Crippen LogP) is 4.10. The van der Waals surface area contributed by atoms with Crippen LogP contribution in [0.2, 0.25) is 5.02 Å². The highest BCUT2D eigenvalue weighted by Crippen LogP contribution is 2.34. The summed E-state index contributed by atoms with van der Waals surface area (Å²) in [6.45, 7) is 3.63. The van der Waals surface area contributed by atoms with Crippen molar-refractivity contribution in [3.63, 3.8) is 0 Å². The van der Waals surface area contributed by atoms with Crippen molar-refractivity contribution < 1.29 is 18.1 Å². The van der Waals surface area contributed by atoms with Crippen LogP contribution in [0.3, 0.4) is 0 Å². The lowest BCUT2D eigenvalue weighted by Crippen LogP contribution is -2.29. The number of carbonyl (C=O) groups is 1. The molecule has 30 heavy (non-hydrogen) atoms. The molecule has 1 saturated heterocycles. The number of benzene rings is 2. The highest BCUT2D eigenvalue weighted by atomic mass is 35.5. The van der Waals surface area contributed by atoms with Gasteiger partial charge in [-0.05, 0) is 47.7 Å². The summed E-state index contributed by atoms with van der Waals surface area (Å²) in [5.74, 6) is -0.475. The van der Waals surface area contributed by atoms with Crippen LogP contribution in [0.25, 0.3) is 6.08 Å². The third-order valence-corrected chi connectivity index (χ3v) is 6.54. The number of thioether (sulfide) groups is 1. The summed E-state index contributed by atoms with van der Waals surface area (Å²) < 4.78 is 29.1. The van der Waals surface area contributed by atoms with E-state index >= 15 is 0 Å². The van der Waals surface area contributed by atoms with E-state index < -0.39 is 20.9 Å². The van der Waals surface area contributed by atoms with Gasteiger partial charge in [0.25, 0.3) is 21.6 Å². The number of non-ortho nitro benzene ring substituents is 1. The molecule has 3 rings (SSSR count). The number of sulfonamides is 1. The standard InChI is InChI=1S/C19H14ClN3O5S2/c1-2-10-22-18(24)17(12-13-4-3-5-15(11-13)23(25)26)29-19(22)21-30(27,28)16-8-6-14(20)7-9-16/h2-9,11-12H,1,10H2/b17-12-,21-19+. The minimum Gasteiger partial charge on any atom is -0.282 e. The number of carbonyl (C=O) groups excluding carboxylic acids is 1. The molecule has 11 heteroatoms. The largest absolute Gasteiger partial charge is 0.284 e. The maximum absolute atomic E-state index is 12.8. The Labute approximate surface area is 181 Å². The Morgan fingerprint density at radius 3 is 2.57 bits per heavy atom. The predicted molar refractivity (Wildman–Crippen MR) is 117 cm³/mol. The molecule has 0 unspecified atom stereocenters. The van der Waals surface area contributed by atoms with Crippen molar-refractivity contribution in [2.24, 2.45) is 4.40 Å². The van der Waals surface area contributed by atoms with Crippen molar-refractivity contribution >= 4 is 56.2 Å². The number of rotatable bonds is 6. The first-order chi connectivity index (χ1) is 14.2. The van der Waals surface area contributed by atoms with Crippen LogP contribution in [-0.2, 0) is 14.8 Å². The quantitative estimate of drug-likeness (QED) is 0.276. The van der Waals surface area contributed by atoms with E-state index in [-0.39, 0.29) is 27.2 Å². The van der Waals surface area contributed by atoms with E-state index in [2.05, 4.69) is 11.0 Å². The van der Waals surface area contributed by atoms with Gasteiger partial charge in [0.1, 0.15) is 0 Å². The molecule has 1 fully saturated rings. The second kappa shape index (κ2) is 8.82. The highest BCUT2D eigenvalue weighted by molar-refractivity contribution is 8.19. The van der Waals surface area contributed by atoms with Gasteiger partial charge >= 0.3 is 0 Å². The normalized spacial score (nSPS) is 17.0. The van der Waals surface area contributed by atoms with E-state index in [0.717, 1.165) is 11.8 Å². The lowest BCUT2D eigenvalue weighted by atomic mass is 10.2. The molecule has 2 aromatic carbocycles. The number of nitro groups is 1. The molecule has 0 aliphatic carbocycles. The smallest absolute Gasteiger partial charge is 0.282 e. The zero-order valence-electron chi connectivity index (χ0n) is 15.3. The molecule has 8 nitrogen and oxygen atoms in total. The number of nitro benzene ring substituents is 1. The third-order valence-electron chi connectivity index (χ3n) is 3.89. The summed E-state index contributed by atoms with van der Waals surface area (Å²) in [6.07, 6.45) is 2.90. The fraction of sp³-hybridized carbons (Fsp3) is 0.0526. The molecule has 1 aliphatic rings.